The van der Waals surface area contributed by atoms with Crippen LogP contribution in [-0.2, 0) is 4.74 Å². The van der Waals surface area contributed by atoms with Crippen molar-refractivity contribution < 1.29 is 9.53 Å². The minimum absolute atomic E-state index is 0.373. The fourth-order valence-electron chi connectivity index (χ4n) is 1.76. The second kappa shape index (κ2) is 7.48. The molecule has 1 rings (SSSR count). The average molecular weight is 340 g/mol. The van der Waals surface area contributed by atoms with Gasteiger partial charge in [0.1, 0.15) is 5.60 Å². The largest absolute Gasteiger partial charge is 0.444 e. The van der Waals surface area contributed by atoms with Crippen molar-refractivity contribution in [1.82, 2.24) is 5.32 Å². The van der Waals surface area contributed by atoms with Crippen molar-refractivity contribution >= 4 is 27.6 Å². The Morgan fingerprint density at radius 1 is 1.40 bits per heavy atom. The van der Waals surface area contributed by atoms with Crippen LogP contribution in [0.2, 0.25) is 0 Å². The molecule has 0 fully saturated rings. The molecule has 110 valence electrons. The van der Waals surface area contributed by atoms with Gasteiger partial charge in [0.05, 0.1) is 0 Å². The summed E-state index contributed by atoms with van der Waals surface area (Å²) in [6.45, 7) is 8.12. The summed E-state index contributed by atoms with van der Waals surface area (Å²) in [7, 11) is 0. The van der Waals surface area contributed by atoms with E-state index in [0.29, 0.717) is 6.54 Å². The summed E-state index contributed by atoms with van der Waals surface area (Å²) in [4.78, 5) is 11.6. The van der Waals surface area contributed by atoms with Gasteiger partial charge in [-0.15, -0.1) is 0 Å². The smallest absolute Gasteiger partial charge is 0.407 e. The first kappa shape index (κ1) is 16.8. The molecule has 0 aromatic heterocycles. The van der Waals surface area contributed by atoms with E-state index in [1.165, 1.54) is 5.57 Å². The van der Waals surface area contributed by atoms with E-state index in [1.54, 1.807) is 0 Å². The van der Waals surface area contributed by atoms with Gasteiger partial charge in [0.2, 0.25) is 0 Å². The van der Waals surface area contributed by atoms with Gasteiger partial charge in [0.25, 0.3) is 0 Å². The third kappa shape index (κ3) is 6.24. The quantitative estimate of drug-likeness (QED) is 0.858. The molecule has 0 aliphatic rings. The Bertz CT molecular complexity index is 489. The fourth-order valence-corrected chi connectivity index (χ4v) is 2.16. The predicted molar refractivity (Wildman–Crippen MR) is 86.6 cm³/mol. The third-order valence-electron chi connectivity index (χ3n) is 2.61. The summed E-state index contributed by atoms with van der Waals surface area (Å²) in [5.74, 6) is 0. The van der Waals surface area contributed by atoms with E-state index in [4.69, 9.17) is 4.74 Å². The minimum Gasteiger partial charge on any atom is -0.444 e. The first-order chi connectivity index (χ1) is 9.31. The summed E-state index contributed by atoms with van der Waals surface area (Å²) in [5, 5.41) is 2.77. The highest BCUT2D eigenvalue weighted by atomic mass is 79.9. The Balaban J connectivity index is 2.50. The number of benzene rings is 1. The molecule has 20 heavy (non-hydrogen) atoms. The second-order valence-corrected chi connectivity index (χ2v) is 6.42. The van der Waals surface area contributed by atoms with Crippen molar-refractivity contribution in [3.63, 3.8) is 0 Å². The lowest BCUT2D eigenvalue weighted by atomic mass is 10.0. The van der Waals surface area contributed by atoms with Crippen molar-refractivity contribution in [2.75, 3.05) is 6.54 Å². The lowest BCUT2D eigenvalue weighted by molar-refractivity contribution is 0.0529. The van der Waals surface area contributed by atoms with E-state index in [-0.39, 0.29) is 6.09 Å². The zero-order valence-electron chi connectivity index (χ0n) is 12.5. The summed E-state index contributed by atoms with van der Waals surface area (Å²) in [5.41, 5.74) is 1.90. The van der Waals surface area contributed by atoms with E-state index in [0.717, 1.165) is 16.5 Å². The molecule has 0 aliphatic carbocycles. The van der Waals surface area contributed by atoms with E-state index >= 15 is 0 Å². The van der Waals surface area contributed by atoms with Gasteiger partial charge < -0.3 is 10.1 Å². The summed E-state index contributed by atoms with van der Waals surface area (Å²) in [6.07, 6.45) is 2.47. The van der Waals surface area contributed by atoms with Crippen LogP contribution in [0, 0.1) is 0 Å². The zero-order valence-corrected chi connectivity index (χ0v) is 14.1. The number of rotatable bonds is 4. The number of halogens is 1. The van der Waals surface area contributed by atoms with E-state index in [2.05, 4.69) is 39.5 Å². The molecule has 0 bridgehead atoms. The van der Waals surface area contributed by atoms with Crippen LogP contribution < -0.4 is 5.32 Å². The first-order valence-electron chi connectivity index (χ1n) is 6.70. The number of allylic oxidation sites excluding steroid dienone is 1. The molecule has 0 heterocycles. The third-order valence-corrected chi connectivity index (χ3v) is 3.10. The van der Waals surface area contributed by atoms with Crippen LogP contribution in [0.3, 0.4) is 0 Å². The molecule has 1 N–H and O–H groups in total. The number of amides is 1. The molecule has 0 unspecified atom stereocenters. The first-order valence-corrected chi connectivity index (χ1v) is 7.49. The summed E-state index contributed by atoms with van der Waals surface area (Å²) < 4.78 is 6.25. The number of carbonyl (C=O) groups excluding carboxylic acids is 1. The number of carbonyl (C=O) groups is 1. The highest BCUT2D eigenvalue weighted by Gasteiger charge is 2.15. The Morgan fingerprint density at radius 2 is 2.10 bits per heavy atom. The molecule has 4 heteroatoms. The topological polar surface area (TPSA) is 38.3 Å². The van der Waals surface area contributed by atoms with Crippen LogP contribution in [0.4, 0.5) is 4.79 Å². The Kier molecular flexibility index (Phi) is 6.27. The molecule has 0 atom stereocenters. The lowest BCUT2D eigenvalue weighted by Crippen LogP contribution is -2.33. The molecule has 0 saturated carbocycles. The highest BCUT2D eigenvalue weighted by molar-refractivity contribution is 9.10. The molecule has 3 nitrogen and oxygen atoms in total. The Morgan fingerprint density at radius 3 is 2.65 bits per heavy atom. The maximum absolute atomic E-state index is 11.6. The number of nitrogens with one attached hydrogen (secondary N) is 1. The number of hydrogen-bond acceptors (Lipinski definition) is 2. The molecule has 1 aromatic carbocycles. The lowest BCUT2D eigenvalue weighted by Gasteiger charge is -2.19. The highest BCUT2D eigenvalue weighted by Crippen LogP contribution is 2.21. The molecular weight excluding hydrogens is 318 g/mol. The van der Waals surface area contributed by atoms with Gasteiger partial charge in [-0.2, -0.15) is 0 Å². The molecule has 0 saturated heterocycles. The molecule has 1 amide bonds. The second-order valence-electron chi connectivity index (χ2n) is 5.50. The fraction of sp³-hybridized carbons (Fsp3) is 0.438. The van der Waals surface area contributed by atoms with Crippen LogP contribution in [0.1, 0.15) is 39.7 Å². The Labute approximate surface area is 129 Å². The van der Waals surface area contributed by atoms with Crippen LogP contribution in [0.25, 0.3) is 5.57 Å². The van der Waals surface area contributed by atoms with Gasteiger partial charge in [0, 0.05) is 11.0 Å². The van der Waals surface area contributed by atoms with E-state index in [1.807, 2.05) is 39.8 Å². The molecule has 0 spiro atoms. The molecule has 1 aromatic rings. The van der Waals surface area contributed by atoms with Crippen LogP contribution in [0.5, 0.6) is 0 Å². The van der Waals surface area contributed by atoms with Gasteiger partial charge in [-0.3, -0.25) is 0 Å². The zero-order chi connectivity index (χ0) is 15.2. The van der Waals surface area contributed by atoms with Crippen LogP contribution >= 0.6 is 15.9 Å². The molecule has 0 aliphatic heterocycles. The number of hydrogen-bond donors (Lipinski definition) is 1. The van der Waals surface area contributed by atoms with Crippen molar-refractivity contribution in [3.8, 4) is 0 Å². The Hall–Kier alpha value is -1.29. The molecular formula is C16H22BrNO2. The average Bonchev–Trinajstić information content (AvgIpc) is 2.32. The van der Waals surface area contributed by atoms with Crippen molar-refractivity contribution in [2.45, 2.75) is 39.7 Å². The van der Waals surface area contributed by atoms with Crippen molar-refractivity contribution in [1.29, 1.82) is 0 Å². The van der Waals surface area contributed by atoms with Gasteiger partial charge >= 0.3 is 6.09 Å². The van der Waals surface area contributed by atoms with Crippen LogP contribution in [-0.4, -0.2) is 18.2 Å². The SMILES string of the molecule is CC=C(CCNC(=O)OC(C)(C)C)c1cccc(Br)c1. The maximum atomic E-state index is 11.6. The number of ether oxygens (including phenoxy) is 1. The maximum Gasteiger partial charge on any atom is 0.407 e. The minimum atomic E-state index is -0.461. The van der Waals surface area contributed by atoms with Gasteiger partial charge in [0.15, 0.2) is 0 Å². The van der Waals surface area contributed by atoms with Gasteiger partial charge in [-0.1, -0.05) is 34.1 Å². The normalized spacial score (nSPS) is 12.2. The van der Waals surface area contributed by atoms with Crippen molar-refractivity contribution in [3.05, 3.63) is 40.4 Å². The van der Waals surface area contributed by atoms with E-state index < -0.39 is 5.60 Å². The monoisotopic (exact) mass is 339 g/mol. The predicted octanol–water partition coefficient (Wildman–Crippen LogP) is 4.77. The summed E-state index contributed by atoms with van der Waals surface area (Å²) in [6, 6.07) is 8.14. The van der Waals surface area contributed by atoms with E-state index in [9.17, 15) is 4.79 Å². The number of alkyl carbamates (subject to hydrolysis) is 1. The molecule has 0 radical (unpaired) electrons. The standard InChI is InChI=1S/C16H22BrNO2/c1-5-12(13-7-6-8-14(17)11-13)9-10-18-15(19)20-16(2,3)4/h5-8,11H,9-10H2,1-4H3,(H,18,19). The van der Waals surface area contributed by atoms with Crippen molar-refractivity contribution in [2.24, 2.45) is 0 Å². The van der Waals surface area contributed by atoms with Crippen LogP contribution in [0.15, 0.2) is 34.8 Å². The summed E-state index contributed by atoms with van der Waals surface area (Å²) >= 11 is 3.47. The van der Waals surface area contributed by atoms with Gasteiger partial charge in [-0.25, -0.2) is 4.79 Å². The van der Waals surface area contributed by atoms with Gasteiger partial charge in [-0.05, 0) is 57.4 Å².